The van der Waals surface area contributed by atoms with Crippen LogP contribution in [0, 0.1) is 0 Å². The quantitative estimate of drug-likeness (QED) is 0.477. The molecule has 0 bridgehead atoms. The number of aliphatic hydroxyl groups excluding tert-OH is 2. The van der Waals surface area contributed by atoms with E-state index in [9.17, 15) is 0 Å². The molecule has 0 saturated heterocycles. The molecule has 0 aromatic heterocycles. The van der Waals surface area contributed by atoms with Gasteiger partial charge in [0.2, 0.25) is 0 Å². The highest BCUT2D eigenvalue weighted by Crippen LogP contribution is 2.07. The maximum Gasteiger partial charge on any atom is 0.0633 e. The van der Waals surface area contributed by atoms with Gasteiger partial charge in [-0.15, -0.1) is 0 Å². The van der Waals surface area contributed by atoms with E-state index in [4.69, 9.17) is 10.2 Å². The Kier molecular flexibility index (Phi) is 9.99. The van der Waals surface area contributed by atoms with Crippen LogP contribution in [0.25, 0.3) is 0 Å². The van der Waals surface area contributed by atoms with Crippen LogP contribution in [0.5, 0.6) is 0 Å². The molecule has 0 rings (SSSR count). The molecule has 98 valence electrons. The lowest BCUT2D eigenvalue weighted by Crippen LogP contribution is -2.49. The number of hydrogen-bond donors (Lipinski definition) is 3. The summed E-state index contributed by atoms with van der Waals surface area (Å²) in [5, 5.41) is 21.3. The number of hydrogen-bond acceptors (Lipinski definition) is 3. The highest BCUT2D eigenvalue weighted by atomic mass is 16.3. The maximum atomic E-state index is 9.06. The normalized spacial score (nSPS) is 12.0. The van der Waals surface area contributed by atoms with Crippen molar-refractivity contribution in [2.75, 3.05) is 19.8 Å². The fraction of sp³-hybridized carbons (Fsp3) is 1.00. The molecule has 0 atom stereocenters. The Hall–Kier alpha value is -0.120. The third-order valence-corrected chi connectivity index (χ3v) is 3.03. The summed E-state index contributed by atoms with van der Waals surface area (Å²) < 4.78 is 0. The van der Waals surface area contributed by atoms with E-state index in [2.05, 4.69) is 12.2 Å². The summed E-state index contributed by atoms with van der Waals surface area (Å²) in [5.74, 6) is 0. The Balaban J connectivity index is 3.26. The van der Waals surface area contributed by atoms with Crippen LogP contribution in [0.1, 0.15) is 58.8 Å². The van der Waals surface area contributed by atoms with Crippen LogP contribution in [0.15, 0.2) is 0 Å². The van der Waals surface area contributed by atoms with Crippen molar-refractivity contribution in [2.24, 2.45) is 0 Å². The van der Waals surface area contributed by atoms with Crippen LogP contribution in [0.3, 0.4) is 0 Å². The summed E-state index contributed by atoms with van der Waals surface area (Å²) in [6, 6.07) is 0. The second kappa shape index (κ2) is 10.1. The topological polar surface area (TPSA) is 52.5 Å². The third kappa shape index (κ3) is 8.08. The van der Waals surface area contributed by atoms with Crippen LogP contribution in [0.2, 0.25) is 0 Å². The molecule has 0 heterocycles. The maximum absolute atomic E-state index is 9.06. The summed E-state index contributed by atoms with van der Waals surface area (Å²) in [6.07, 6.45) is 9.01. The highest BCUT2D eigenvalue weighted by molar-refractivity contribution is 4.80. The highest BCUT2D eigenvalue weighted by Gasteiger charge is 2.20. The molecule has 16 heavy (non-hydrogen) atoms. The average Bonchev–Trinajstić information content (AvgIpc) is 2.32. The molecule has 0 aromatic rings. The molecule has 3 nitrogen and oxygen atoms in total. The van der Waals surface area contributed by atoms with Gasteiger partial charge < -0.3 is 15.5 Å². The van der Waals surface area contributed by atoms with Crippen LogP contribution >= 0.6 is 0 Å². The minimum absolute atomic E-state index is 0.0139. The molecule has 0 unspecified atom stereocenters. The molecule has 0 aliphatic rings. The second-order valence-electron chi connectivity index (χ2n) is 4.92. The van der Waals surface area contributed by atoms with E-state index >= 15 is 0 Å². The molecule has 0 spiro atoms. The predicted molar refractivity (Wildman–Crippen MR) is 68.6 cm³/mol. The molecule has 0 saturated carbocycles. The van der Waals surface area contributed by atoms with E-state index in [1.807, 2.05) is 6.92 Å². The van der Waals surface area contributed by atoms with Crippen molar-refractivity contribution in [3.63, 3.8) is 0 Å². The first kappa shape index (κ1) is 15.9. The molecule has 0 fully saturated rings. The molecule has 3 heteroatoms. The van der Waals surface area contributed by atoms with Gasteiger partial charge in [0, 0.05) is 0 Å². The van der Waals surface area contributed by atoms with Gasteiger partial charge in [-0.25, -0.2) is 0 Å². The van der Waals surface area contributed by atoms with Gasteiger partial charge in [0.05, 0.1) is 18.8 Å². The lowest BCUT2D eigenvalue weighted by atomic mass is 10.0. The molecule has 3 N–H and O–H groups in total. The Bertz CT molecular complexity index is 147. The van der Waals surface area contributed by atoms with E-state index < -0.39 is 5.54 Å². The van der Waals surface area contributed by atoms with Gasteiger partial charge in [-0.2, -0.15) is 0 Å². The molecular formula is C13H29NO2. The second-order valence-corrected chi connectivity index (χ2v) is 4.92. The number of rotatable bonds is 11. The summed E-state index contributed by atoms with van der Waals surface area (Å²) >= 11 is 0. The molecule has 0 aromatic carbocycles. The number of unbranched alkanes of at least 4 members (excludes halogenated alkanes) is 6. The standard InChI is InChI=1S/C13H29NO2/c1-3-4-5-6-7-8-9-10-14-13(2,11-15)12-16/h14-16H,3-12H2,1-2H3. The third-order valence-electron chi connectivity index (χ3n) is 3.03. The SMILES string of the molecule is CCCCCCCCCNC(C)(CO)CO. The Labute approximate surface area is 100 Å². The summed E-state index contributed by atoms with van der Waals surface area (Å²) in [4.78, 5) is 0. The fourth-order valence-corrected chi connectivity index (χ4v) is 1.63. The van der Waals surface area contributed by atoms with E-state index in [-0.39, 0.29) is 13.2 Å². The zero-order valence-corrected chi connectivity index (χ0v) is 11.0. The minimum Gasteiger partial charge on any atom is -0.394 e. The monoisotopic (exact) mass is 231 g/mol. The fourth-order valence-electron chi connectivity index (χ4n) is 1.63. The van der Waals surface area contributed by atoms with E-state index in [1.165, 1.54) is 38.5 Å². The molecule has 0 aliphatic carbocycles. The zero-order valence-electron chi connectivity index (χ0n) is 11.0. The Morgan fingerprint density at radius 2 is 1.38 bits per heavy atom. The Morgan fingerprint density at radius 3 is 1.88 bits per heavy atom. The summed E-state index contributed by atoms with van der Waals surface area (Å²) in [7, 11) is 0. The van der Waals surface area contributed by atoms with Gasteiger partial charge in [0.15, 0.2) is 0 Å². The summed E-state index contributed by atoms with van der Waals surface area (Å²) in [5.41, 5.74) is -0.512. The summed E-state index contributed by atoms with van der Waals surface area (Å²) in [6.45, 7) is 4.92. The average molecular weight is 231 g/mol. The van der Waals surface area contributed by atoms with Gasteiger partial charge in [0.25, 0.3) is 0 Å². The van der Waals surface area contributed by atoms with Gasteiger partial charge in [-0.1, -0.05) is 45.4 Å². The zero-order chi connectivity index (χ0) is 12.3. The predicted octanol–water partition coefficient (Wildman–Crippen LogP) is 2.07. The molecule has 0 radical (unpaired) electrons. The molecular weight excluding hydrogens is 202 g/mol. The first-order chi connectivity index (χ1) is 7.68. The first-order valence-electron chi connectivity index (χ1n) is 6.65. The van der Waals surface area contributed by atoms with E-state index in [0.717, 1.165) is 13.0 Å². The lowest BCUT2D eigenvalue weighted by molar-refractivity contribution is 0.104. The first-order valence-corrected chi connectivity index (χ1v) is 6.65. The van der Waals surface area contributed by atoms with Gasteiger partial charge in [-0.05, 0) is 19.9 Å². The van der Waals surface area contributed by atoms with Crippen molar-refractivity contribution in [1.82, 2.24) is 5.32 Å². The van der Waals surface area contributed by atoms with Crippen molar-refractivity contribution in [3.8, 4) is 0 Å². The van der Waals surface area contributed by atoms with Crippen molar-refractivity contribution < 1.29 is 10.2 Å². The smallest absolute Gasteiger partial charge is 0.0633 e. The largest absolute Gasteiger partial charge is 0.394 e. The van der Waals surface area contributed by atoms with Crippen molar-refractivity contribution in [1.29, 1.82) is 0 Å². The van der Waals surface area contributed by atoms with Crippen molar-refractivity contribution in [2.45, 2.75) is 64.3 Å². The number of aliphatic hydroxyl groups is 2. The Morgan fingerprint density at radius 1 is 0.875 bits per heavy atom. The minimum atomic E-state index is -0.512. The van der Waals surface area contributed by atoms with Gasteiger partial charge in [0.1, 0.15) is 0 Å². The van der Waals surface area contributed by atoms with Crippen LogP contribution in [-0.4, -0.2) is 35.5 Å². The molecule has 0 amide bonds. The van der Waals surface area contributed by atoms with E-state index in [1.54, 1.807) is 0 Å². The molecule has 0 aliphatic heterocycles. The van der Waals surface area contributed by atoms with Gasteiger partial charge >= 0.3 is 0 Å². The van der Waals surface area contributed by atoms with Crippen LogP contribution in [0.4, 0.5) is 0 Å². The lowest BCUT2D eigenvalue weighted by Gasteiger charge is -2.26. The number of nitrogens with one attached hydrogen (secondary N) is 1. The van der Waals surface area contributed by atoms with Crippen molar-refractivity contribution >= 4 is 0 Å². The van der Waals surface area contributed by atoms with Crippen LogP contribution in [-0.2, 0) is 0 Å². The van der Waals surface area contributed by atoms with Crippen LogP contribution < -0.4 is 5.32 Å². The van der Waals surface area contributed by atoms with Crippen molar-refractivity contribution in [3.05, 3.63) is 0 Å². The van der Waals surface area contributed by atoms with E-state index in [0.29, 0.717) is 0 Å². The van der Waals surface area contributed by atoms with Gasteiger partial charge in [-0.3, -0.25) is 0 Å².